The van der Waals surface area contributed by atoms with Crippen LogP contribution in [0.3, 0.4) is 0 Å². The van der Waals surface area contributed by atoms with E-state index in [9.17, 15) is 4.39 Å². The van der Waals surface area contributed by atoms with Crippen LogP contribution in [0.2, 0.25) is 0 Å². The van der Waals surface area contributed by atoms with E-state index in [0.29, 0.717) is 6.54 Å². The molecule has 2 aromatic carbocycles. The smallest absolute Gasteiger partial charge is 0.147 e. The molecule has 0 aliphatic heterocycles. The van der Waals surface area contributed by atoms with Gasteiger partial charge in [-0.05, 0) is 35.4 Å². The molecule has 0 amide bonds. The predicted molar refractivity (Wildman–Crippen MR) is 95.6 cm³/mol. The van der Waals surface area contributed by atoms with E-state index < -0.39 is 0 Å². The van der Waals surface area contributed by atoms with E-state index in [0.717, 1.165) is 33.5 Å². The third-order valence-electron chi connectivity index (χ3n) is 4.06. The highest BCUT2D eigenvalue weighted by Crippen LogP contribution is 2.23. The highest BCUT2D eigenvalue weighted by atomic mass is 19.1. The first-order valence-corrected chi connectivity index (χ1v) is 7.90. The van der Waals surface area contributed by atoms with Crippen LogP contribution in [0.25, 0.3) is 22.2 Å². The quantitative estimate of drug-likeness (QED) is 0.617. The number of nitrogens with zero attached hydrogens (tertiary/aromatic N) is 4. The standard InChI is InChI=1S/C19H16FN5/c1-25(12-13-3-2-4-16(20)7-13)19-11-21-18-8-14(5-6-17(18)24-19)15-9-22-23-10-15/h2-11H,12H2,1H3,(H,22,23). The maximum atomic E-state index is 13.3. The molecule has 25 heavy (non-hydrogen) atoms. The zero-order chi connectivity index (χ0) is 17.2. The topological polar surface area (TPSA) is 57.7 Å². The minimum atomic E-state index is -0.234. The molecule has 0 spiro atoms. The fraction of sp³-hybridized carbons (Fsp3) is 0.105. The van der Waals surface area contributed by atoms with Crippen molar-refractivity contribution in [3.8, 4) is 11.1 Å². The molecule has 0 saturated heterocycles. The molecular weight excluding hydrogens is 317 g/mol. The van der Waals surface area contributed by atoms with Gasteiger partial charge in [0.2, 0.25) is 0 Å². The summed E-state index contributed by atoms with van der Waals surface area (Å²) in [6.45, 7) is 0.561. The molecule has 0 fully saturated rings. The maximum Gasteiger partial charge on any atom is 0.147 e. The van der Waals surface area contributed by atoms with Crippen LogP contribution < -0.4 is 4.90 Å². The van der Waals surface area contributed by atoms with Gasteiger partial charge in [-0.15, -0.1) is 0 Å². The molecule has 0 aliphatic carbocycles. The number of aromatic amines is 1. The van der Waals surface area contributed by atoms with Crippen LogP contribution in [0.15, 0.2) is 61.1 Å². The Hall–Kier alpha value is -3.28. The van der Waals surface area contributed by atoms with Crippen molar-refractivity contribution in [1.82, 2.24) is 20.2 Å². The Labute approximate surface area is 144 Å². The molecule has 2 aromatic heterocycles. The lowest BCUT2D eigenvalue weighted by atomic mass is 10.1. The van der Waals surface area contributed by atoms with Crippen LogP contribution in [0.5, 0.6) is 0 Å². The number of rotatable bonds is 4. The van der Waals surface area contributed by atoms with Gasteiger partial charge in [-0.1, -0.05) is 18.2 Å². The number of H-pyrrole nitrogens is 1. The van der Waals surface area contributed by atoms with Crippen molar-refractivity contribution in [3.05, 3.63) is 72.4 Å². The lowest BCUT2D eigenvalue weighted by molar-refractivity contribution is 0.625. The van der Waals surface area contributed by atoms with Crippen molar-refractivity contribution in [3.63, 3.8) is 0 Å². The Morgan fingerprint density at radius 1 is 1.04 bits per heavy atom. The van der Waals surface area contributed by atoms with Crippen LogP contribution in [0.4, 0.5) is 10.2 Å². The van der Waals surface area contributed by atoms with Gasteiger partial charge in [0.05, 0.1) is 23.4 Å². The van der Waals surface area contributed by atoms with E-state index in [4.69, 9.17) is 0 Å². The SMILES string of the molecule is CN(Cc1cccc(F)c1)c1cnc2cc(-c3cn[nH]c3)ccc2n1. The third-order valence-corrected chi connectivity index (χ3v) is 4.06. The summed E-state index contributed by atoms with van der Waals surface area (Å²) in [5.74, 6) is 0.509. The monoisotopic (exact) mass is 333 g/mol. The first-order chi connectivity index (χ1) is 12.2. The second kappa shape index (κ2) is 6.32. The largest absolute Gasteiger partial charge is 0.354 e. The highest BCUT2D eigenvalue weighted by molar-refractivity contribution is 5.81. The van der Waals surface area contributed by atoms with Gasteiger partial charge in [0.1, 0.15) is 11.6 Å². The second-order valence-electron chi connectivity index (χ2n) is 5.90. The van der Waals surface area contributed by atoms with Crippen molar-refractivity contribution < 1.29 is 4.39 Å². The number of fused-ring (bicyclic) bond motifs is 1. The van der Waals surface area contributed by atoms with E-state index in [2.05, 4.69) is 20.2 Å². The average Bonchev–Trinajstić information content (AvgIpc) is 3.15. The summed E-state index contributed by atoms with van der Waals surface area (Å²) in [5, 5.41) is 6.78. The summed E-state index contributed by atoms with van der Waals surface area (Å²) in [6, 6.07) is 12.5. The molecule has 0 aliphatic rings. The highest BCUT2D eigenvalue weighted by Gasteiger charge is 2.08. The third kappa shape index (κ3) is 3.19. The van der Waals surface area contributed by atoms with Gasteiger partial charge in [-0.25, -0.2) is 9.37 Å². The molecule has 0 atom stereocenters. The molecule has 4 rings (SSSR count). The number of hydrogen-bond acceptors (Lipinski definition) is 4. The van der Waals surface area contributed by atoms with E-state index in [1.54, 1.807) is 18.5 Å². The van der Waals surface area contributed by atoms with Gasteiger partial charge in [0, 0.05) is 25.4 Å². The molecule has 2 heterocycles. The first-order valence-electron chi connectivity index (χ1n) is 7.90. The van der Waals surface area contributed by atoms with Gasteiger partial charge < -0.3 is 4.90 Å². The van der Waals surface area contributed by atoms with Crippen molar-refractivity contribution in [1.29, 1.82) is 0 Å². The summed E-state index contributed by atoms with van der Waals surface area (Å²) in [6.07, 6.45) is 5.35. The number of anilines is 1. The Balaban J connectivity index is 1.61. The molecule has 0 unspecified atom stereocenters. The van der Waals surface area contributed by atoms with E-state index in [-0.39, 0.29) is 5.82 Å². The minimum Gasteiger partial charge on any atom is -0.354 e. The summed E-state index contributed by atoms with van der Waals surface area (Å²) < 4.78 is 13.3. The molecule has 0 saturated carbocycles. The molecule has 124 valence electrons. The zero-order valence-electron chi connectivity index (χ0n) is 13.6. The summed E-state index contributed by atoms with van der Waals surface area (Å²) >= 11 is 0. The molecule has 0 bridgehead atoms. The molecular formula is C19H16FN5. The van der Waals surface area contributed by atoms with E-state index in [1.807, 2.05) is 42.4 Å². The van der Waals surface area contributed by atoms with Crippen molar-refractivity contribution in [2.75, 3.05) is 11.9 Å². The van der Waals surface area contributed by atoms with Crippen LogP contribution in [0.1, 0.15) is 5.56 Å². The molecule has 5 nitrogen and oxygen atoms in total. The molecule has 1 N–H and O–H groups in total. The maximum absolute atomic E-state index is 13.3. The molecule has 4 aromatic rings. The van der Waals surface area contributed by atoms with Crippen LogP contribution >= 0.6 is 0 Å². The van der Waals surface area contributed by atoms with Gasteiger partial charge in [0.25, 0.3) is 0 Å². The Kier molecular flexibility index (Phi) is 3.85. The van der Waals surface area contributed by atoms with Gasteiger partial charge in [-0.3, -0.25) is 10.1 Å². The van der Waals surface area contributed by atoms with E-state index >= 15 is 0 Å². The summed E-state index contributed by atoms with van der Waals surface area (Å²) in [5.41, 5.74) is 4.57. The predicted octanol–water partition coefficient (Wildman–Crippen LogP) is 3.80. The van der Waals surface area contributed by atoms with Crippen molar-refractivity contribution >= 4 is 16.9 Å². The van der Waals surface area contributed by atoms with Crippen LogP contribution in [0, 0.1) is 5.82 Å². The lowest BCUT2D eigenvalue weighted by Gasteiger charge is -2.18. The van der Waals surface area contributed by atoms with Gasteiger partial charge in [0.15, 0.2) is 0 Å². The van der Waals surface area contributed by atoms with E-state index in [1.165, 1.54) is 12.1 Å². The summed E-state index contributed by atoms with van der Waals surface area (Å²) in [4.78, 5) is 11.1. The number of benzene rings is 2. The Bertz CT molecular complexity index is 1010. The Morgan fingerprint density at radius 2 is 1.96 bits per heavy atom. The number of nitrogens with one attached hydrogen (secondary N) is 1. The second-order valence-corrected chi connectivity index (χ2v) is 5.90. The lowest BCUT2D eigenvalue weighted by Crippen LogP contribution is -2.18. The fourth-order valence-corrected chi connectivity index (χ4v) is 2.76. The zero-order valence-corrected chi connectivity index (χ0v) is 13.6. The van der Waals surface area contributed by atoms with Crippen molar-refractivity contribution in [2.24, 2.45) is 0 Å². The normalized spacial score (nSPS) is 11.0. The summed E-state index contributed by atoms with van der Waals surface area (Å²) in [7, 11) is 1.92. The Morgan fingerprint density at radius 3 is 2.76 bits per heavy atom. The molecule has 0 radical (unpaired) electrons. The van der Waals surface area contributed by atoms with Crippen LogP contribution in [-0.2, 0) is 6.54 Å². The van der Waals surface area contributed by atoms with Gasteiger partial charge >= 0.3 is 0 Å². The number of aromatic nitrogens is 4. The fourth-order valence-electron chi connectivity index (χ4n) is 2.76. The van der Waals surface area contributed by atoms with Crippen LogP contribution in [-0.4, -0.2) is 27.2 Å². The van der Waals surface area contributed by atoms with Gasteiger partial charge in [-0.2, -0.15) is 5.10 Å². The van der Waals surface area contributed by atoms with Crippen molar-refractivity contribution in [2.45, 2.75) is 6.54 Å². The number of hydrogen-bond donors (Lipinski definition) is 1. The minimum absolute atomic E-state index is 0.234. The average molecular weight is 333 g/mol. The molecule has 6 heteroatoms. The number of halogens is 1. The first kappa shape index (κ1) is 15.3.